The van der Waals surface area contributed by atoms with Crippen LogP contribution in [0.5, 0.6) is 0 Å². The largest absolute Gasteiger partial charge is 0.460 e. The quantitative estimate of drug-likeness (QED) is 0.219. The smallest absolute Gasteiger partial charge is 0.306 e. The van der Waals surface area contributed by atoms with Gasteiger partial charge in [-0.25, -0.2) is 0 Å². The standard InChI is InChI=1S/C21H41FO2/c1-21(2,3)24-20(23)18-16-14-12-10-8-6-4-5-7-9-11-13-15-17-19-22/h4-19H2,1-3H3. The molecular weight excluding hydrogens is 303 g/mol. The number of hydrogen-bond donors (Lipinski definition) is 0. The Kier molecular flexibility index (Phi) is 15.5. The molecule has 0 saturated carbocycles. The molecule has 0 aliphatic carbocycles. The molecule has 0 atom stereocenters. The molecule has 0 bridgehead atoms. The van der Waals surface area contributed by atoms with Crippen LogP contribution in [0.25, 0.3) is 0 Å². The van der Waals surface area contributed by atoms with E-state index in [1.54, 1.807) is 0 Å². The van der Waals surface area contributed by atoms with Crippen molar-refractivity contribution in [3.63, 3.8) is 0 Å². The molecule has 0 aliphatic rings. The van der Waals surface area contributed by atoms with Gasteiger partial charge in [0.1, 0.15) is 5.60 Å². The highest BCUT2D eigenvalue weighted by molar-refractivity contribution is 5.69. The van der Waals surface area contributed by atoms with Crippen molar-refractivity contribution < 1.29 is 13.9 Å². The second kappa shape index (κ2) is 15.9. The minimum Gasteiger partial charge on any atom is -0.460 e. The number of halogens is 1. The first-order valence-corrected chi connectivity index (χ1v) is 10.2. The van der Waals surface area contributed by atoms with E-state index in [0.29, 0.717) is 6.42 Å². The molecule has 0 fully saturated rings. The summed E-state index contributed by atoms with van der Waals surface area (Å²) in [6, 6.07) is 0. The molecule has 0 aliphatic heterocycles. The molecule has 24 heavy (non-hydrogen) atoms. The Morgan fingerprint density at radius 2 is 1.00 bits per heavy atom. The van der Waals surface area contributed by atoms with Gasteiger partial charge in [-0.2, -0.15) is 0 Å². The van der Waals surface area contributed by atoms with Gasteiger partial charge in [-0.05, 0) is 33.6 Å². The highest BCUT2D eigenvalue weighted by Crippen LogP contribution is 2.14. The van der Waals surface area contributed by atoms with Crippen LogP contribution in [-0.2, 0) is 9.53 Å². The molecule has 0 spiro atoms. The molecule has 3 heteroatoms. The highest BCUT2D eigenvalue weighted by atomic mass is 19.1. The van der Waals surface area contributed by atoms with Gasteiger partial charge in [-0.1, -0.05) is 77.0 Å². The van der Waals surface area contributed by atoms with Crippen molar-refractivity contribution in [2.45, 2.75) is 123 Å². The predicted octanol–water partition coefficient (Wildman–Crippen LogP) is 7.15. The fourth-order valence-electron chi connectivity index (χ4n) is 2.88. The Labute approximate surface area is 149 Å². The van der Waals surface area contributed by atoms with E-state index in [1.165, 1.54) is 64.2 Å². The zero-order chi connectivity index (χ0) is 18.1. The zero-order valence-electron chi connectivity index (χ0n) is 16.5. The van der Waals surface area contributed by atoms with Crippen LogP contribution in [0.1, 0.15) is 117 Å². The summed E-state index contributed by atoms with van der Waals surface area (Å²) in [7, 11) is 0. The number of alkyl halides is 1. The lowest BCUT2D eigenvalue weighted by molar-refractivity contribution is -0.154. The molecule has 0 radical (unpaired) electrons. The van der Waals surface area contributed by atoms with Crippen LogP contribution in [0.3, 0.4) is 0 Å². The average molecular weight is 345 g/mol. The highest BCUT2D eigenvalue weighted by Gasteiger charge is 2.15. The molecule has 0 unspecified atom stereocenters. The van der Waals surface area contributed by atoms with Gasteiger partial charge in [0.05, 0.1) is 6.67 Å². The maximum atomic E-state index is 11.9. The first-order chi connectivity index (χ1) is 11.5. The molecule has 0 saturated heterocycles. The van der Waals surface area contributed by atoms with Crippen LogP contribution in [-0.4, -0.2) is 18.2 Å². The summed E-state index contributed by atoms with van der Waals surface area (Å²) in [4.78, 5) is 11.6. The molecule has 0 aromatic rings. The number of ether oxygens (including phenoxy) is 1. The number of carbonyl (C=O) groups excluding carboxylic acids is 1. The zero-order valence-corrected chi connectivity index (χ0v) is 16.5. The normalized spacial score (nSPS) is 11.7. The summed E-state index contributed by atoms with van der Waals surface area (Å²) in [6.45, 7) is 5.59. The van der Waals surface area contributed by atoms with Crippen LogP contribution in [0.2, 0.25) is 0 Å². The van der Waals surface area contributed by atoms with E-state index >= 15 is 0 Å². The predicted molar refractivity (Wildman–Crippen MR) is 101 cm³/mol. The van der Waals surface area contributed by atoms with Gasteiger partial charge in [0.15, 0.2) is 0 Å². The monoisotopic (exact) mass is 344 g/mol. The summed E-state index contributed by atoms with van der Waals surface area (Å²) >= 11 is 0. The molecule has 0 aromatic heterocycles. The lowest BCUT2D eigenvalue weighted by Gasteiger charge is -2.19. The van der Waals surface area contributed by atoms with Crippen LogP contribution >= 0.6 is 0 Å². The fourth-order valence-corrected chi connectivity index (χ4v) is 2.88. The van der Waals surface area contributed by atoms with E-state index < -0.39 is 0 Å². The minimum atomic E-state index is -0.356. The molecule has 0 N–H and O–H groups in total. The molecular formula is C21H41FO2. The van der Waals surface area contributed by atoms with Crippen LogP contribution in [0, 0.1) is 0 Å². The van der Waals surface area contributed by atoms with Crippen LogP contribution < -0.4 is 0 Å². The summed E-state index contributed by atoms with van der Waals surface area (Å²) in [6.07, 6.45) is 17.5. The van der Waals surface area contributed by atoms with Gasteiger partial charge < -0.3 is 4.74 Å². The van der Waals surface area contributed by atoms with Crippen molar-refractivity contribution in [2.24, 2.45) is 0 Å². The summed E-state index contributed by atoms with van der Waals surface area (Å²) in [5, 5.41) is 0. The number of esters is 1. The first-order valence-electron chi connectivity index (χ1n) is 10.2. The van der Waals surface area contributed by atoms with E-state index in [9.17, 15) is 9.18 Å². The van der Waals surface area contributed by atoms with Crippen molar-refractivity contribution >= 4 is 5.97 Å². The Bertz CT molecular complexity index is 284. The Morgan fingerprint density at radius 3 is 1.33 bits per heavy atom. The summed E-state index contributed by atoms with van der Waals surface area (Å²) in [5.74, 6) is -0.0628. The van der Waals surface area contributed by atoms with Gasteiger partial charge in [0.25, 0.3) is 0 Å². The van der Waals surface area contributed by atoms with Gasteiger partial charge in [-0.15, -0.1) is 0 Å². The topological polar surface area (TPSA) is 26.3 Å². The molecule has 0 aromatic carbocycles. The average Bonchev–Trinajstić information content (AvgIpc) is 2.49. The lowest BCUT2D eigenvalue weighted by Crippen LogP contribution is -2.23. The Morgan fingerprint density at radius 1 is 0.667 bits per heavy atom. The number of hydrogen-bond acceptors (Lipinski definition) is 2. The van der Waals surface area contributed by atoms with Crippen LogP contribution in [0.15, 0.2) is 0 Å². The SMILES string of the molecule is CC(C)(C)OC(=O)CCCCCCCCCCCCCCCCF. The third-order valence-electron chi connectivity index (χ3n) is 4.18. The van der Waals surface area contributed by atoms with Crippen molar-refractivity contribution in [2.75, 3.05) is 6.67 Å². The number of carbonyl (C=O) groups is 1. The van der Waals surface area contributed by atoms with Gasteiger partial charge in [0.2, 0.25) is 0 Å². The van der Waals surface area contributed by atoms with E-state index in [4.69, 9.17) is 4.74 Å². The molecule has 2 nitrogen and oxygen atoms in total. The molecule has 0 rings (SSSR count). The van der Waals surface area contributed by atoms with E-state index in [-0.39, 0.29) is 18.2 Å². The Hall–Kier alpha value is -0.600. The van der Waals surface area contributed by atoms with Crippen molar-refractivity contribution in [3.8, 4) is 0 Å². The van der Waals surface area contributed by atoms with E-state index in [2.05, 4.69) is 0 Å². The first kappa shape index (κ1) is 23.4. The van der Waals surface area contributed by atoms with Gasteiger partial charge in [0, 0.05) is 6.42 Å². The minimum absolute atomic E-state index is 0.0628. The Balaban J connectivity index is 3.14. The van der Waals surface area contributed by atoms with Crippen molar-refractivity contribution in [1.29, 1.82) is 0 Å². The van der Waals surface area contributed by atoms with E-state index in [1.807, 2.05) is 20.8 Å². The van der Waals surface area contributed by atoms with Gasteiger partial charge >= 0.3 is 5.97 Å². The maximum Gasteiger partial charge on any atom is 0.306 e. The summed E-state index contributed by atoms with van der Waals surface area (Å²) < 4.78 is 17.2. The second-order valence-electron chi connectivity index (χ2n) is 7.98. The fraction of sp³-hybridized carbons (Fsp3) is 0.952. The molecule has 0 amide bonds. The van der Waals surface area contributed by atoms with Crippen molar-refractivity contribution in [3.05, 3.63) is 0 Å². The van der Waals surface area contributed by atoms with Crippen molar-refractivity contribution in [1.82, 2.24) is 0 Å². The molecule has 144 valence electrons. The van der Waals surface area contributed by atoms with E-state index in [0.717, 1.165) is 25.7 Å². The number of rotatable bonds is 16. The number of unbranched alkanes of at least 4 members (excludes halogenated alkanes) is 13. The maximum absolute atomic E-state index is 11.9. The molecule has 0 heterocycles. The third kappa shape index (κ3) is 19.4. The summed E-state index contributed by atoms with van der Waals surface area (Å²) in [5.41, 5.74) is -0.356. The second-order valence-corrected chi connectivity index (χ2v) is 7.98. The lowest BCUT2D eigenvalue weighted by atomic mass is 10.0. The van der Waals surface area contributed by atoms with Crippen LogP contribution in [0.4, 0.5) is 4.39 Å². The van der Waals surface area contributed by atoms with Gasteiger partial charge in [-0.3, -0.25) is 9.18 Å². The third-order valence-corrected chi connectivity index (χ3v) is 4.18.